The zero-order valence-electron chi connectivity index (χ0n) is 9.35. The Kier molecular flexibility index (Phi) is 3.93. The number of aromatic nitrogens is 2. The second kappa shape index (κ2) is 5.63. The van der Waals surface area contributed by atoms with Gasteiger partial charge in [0, 0.05) is 17.1 Å². The van der Waals surface area contributed by atoms with E-state index in [2.05, 4.69) is 37.3 Å². The van der Waals surface area contributed by atoms with E-state index < -0.39 is 0 Å². The summed E-state index contributed by atoms with van der Waals surface area (Å²) >= 11 is 3.50. The summed E-state index contributed by atoms with van der Waals surface area (Å²) < 4.78 is 6.11. The lowest BCUT2D eigenvalue weighted by Crippen LogP contribution is -2.02. The lowest BCUT2D eigenvalue weighted by atomic mass is 10.2. The molecule has 5 heteroatoms. The summed E-state index contributed by atoms with van der Waals surface area (Å²) in [6, 6.07) is 9.81. The summed E-state index contributed by atoms with van der Waals surface area (Å²) in [5.41, 5.74) is 1.17. The van der Waals surface area contributed by atoms with Crippen LogP contribution in [0.25, 0.3) is 0 Å². The van der Waals surface area contributed by atoms with Crippen LogP contribution in [0.15, 0.2) is 41.1 Å². The monoisotopic (exact) mass is 293 g/mol. The predicted octanol–water partition coefficient (Wildman–Crippen LogP) is 2.86. The molecule has 0 radical (unpaired) electrons. The molecule has 0 aliphatic rings. The summed E-state index contributed by atoms with van der Waals surface area (Å²) in [7, 11) is 1.58. The van der Waals surface area contributed by atoms with E-state index in [1.165, 1.54) is 11.9 Å². The standard InChI is InChI=1S/C12H12BrN3O/c1-17-12-6-11(15-8-16-12)14-7-9-4-2-3-5-10(9)13/h2-6,8H,7H2,1H3,(H,14,15,16). The van der Waals surface area contributed by atoms with Crippen molar-refractivity contribution in [3.8, 4) is 5.88 Å². The Balaban J connectivity index is 2.05. The third-order valence-electron chi connectivity index (χ3n) is 2.27. The Morgan fingerprint density at radius 2 is 2.12 bits per heavy atom. The molecule has 0 aliphatic carbocycles. The molecule has 0 amide bonds. The molecule has 0 unspecified atom stereocenters. The lowest BCUT2D eigenvalue weighted by molar-refractivity contribution is 0.397. The molecule has 1 aromatic heterocycles. The van der Waals surface area contributed by atoms with Crippen molar-refractivity contribution in [1.82, 2.24) is 9.97 Å². The van der Waals surface area contributed by atoms with Crippen molar-refractivity contribution in [1.29, 1.82) is 0 Å². The fourth-order valence-electron chi connectivity index (χ4n) is 1.38. The Labute approximate surface area is 108 Å². The van der Waals surface area contributed by atoms with Gasteiger partial charge in [-0.15, -0.1) is 0 Å². The van der Waals surface area contributed by atoms with Gasteiger partial charge in [0.25, 0.3) is 0 Å². The first kappa shape index (κ1) is 11.9. The molecule has 2 aromatic rings. The molecule has 0 saturated carbocycles. The quantitative estimate of drug-likeness (QED) is 0.942. The Hall–Kier alpha value is -1.62. The van der Waals surface area contributed by atoms with Crippen LogP contribution < -0.4 is 10.1 Å². The summed E-state index contributed by atoms with van der Waals surface area (Å²) in [4.78, 5) is 8.06. The maximum absolute atomic E-state index is 5.03. The van der Waals surface area contributed by atoms with Crippen LogP contribution >= 0.6 is 15.9 Å². The molecule has 4 nitrogen and oxygen atoms in total. The van der Waals surface area contributed by atoms with Crippen molar-refractivity contribution < 1.29 is 4.74 Å². The third kappa shape index (κ3) is 3.17. The molecular formula is C12H12BrN3O. The summed E-state index contributed by atoms with van der Waals surface area (Å²) in [5, 5.41) is 3.22. The van der Waals surface area contributed by atoms with Crippen molar-refractivity contribution in [2.24, 2.45) is 0 Å². The van der Waals surface area contributed by atoms with Crippen LogP contribution in [-0.2, 0) is 6.54 Å². The lowest BCUT2D eigenvalue weighted by Gasteiger charge is -2.07. The van der Waals surface area contributed by atoms with Gasteiger partial charge in [-0.25, -0.2) is 9.97 Å². The highest BCUT2D eigenvalue weighted by molar-refractivity contribution is 9.10. The van der Waals surface area contributed by atoms with Gasteiger partial charge in [-0.3, -0.25) is 0 Å². The predicted molar refractivity (Wildman–Crippen MR) is 70.1 cm³/mol. The van der Waals surface area contributed by atoms with Crippen LogP contribution in [0.2, 0.25) is 0 Å². The van der Waals surface area contributed by atoms with E-state index in [4.69, 9.17) is 4.74 Å². The number of benzene rings is 1. The number of rotatable bonds is 4. The van der Waals surface area contributed by atoms with E-state index in [9.17, 15) is 0 Å². The molecule has 0 fully saturated rings. The van der Waals surface area contributed by atoms with Crippen molar-refractivity contribution in [2.45, 2.75) is 6.54 Å². The first-order chi connectivity index (χ1) is 8.29. The Morgan fingerprint density at radius 3 is 2.88 bits per heavy atom. The minimum absolute atomic E-state index is 0.551. The van der Waals surface area contributed by atoms with Gasteiger partial charge in [0.15, 0.2) is 0 Å². The molecule has 1 heterocycles. The molecule has 0 bridgehead atoms. The molecule has 1 aromatic carbocycles. The molecule has 0 atom stereocenters. The molecule has 0 saturated heterocycles. The van der Waals surface area contributed by atoms with Crippen LogP contribution in [0.4, 0.5) is 5.82 Å². The van der Waals surface area contributed by atoms with Crippen molar-refractivity contribution in [3.63, 3.8) is 0 Å². The highest BCUT2D eigenvalue weighted by atomic mass is 79.9. The normalized spacial score (nSPS) is 10.0. The minimum Gasteiger partial charge on any atom is -0.481 e. The first-order valence-corrected chi connectivity index (χ1v) is 5.92. The second-order valence-corrected chi connectivity index (χ2v) is 4.24. The third-order valence-corrected chi connectivity index (χ3v) is 3.04. The zero-order chi connectivity index (χ0) is 12.1. The fourth-order valence-corrected chi connectivity index (χ4v) is 1.80. The molecule has 1 N–H and O–H groups in total. The van der Waals surface area contributed by atoms with Crippen LogP contribution in [0, 0.1) is 0 Å². The van der Waals surface area contributed by atoms with E-state index in [0.717, 1.165) is 10.3 Å². The molecule has 2 rings (SSSR count). The van der Waals surface area contributed by atoms with Crippen molar-refractivity contribution >= 4 is 21.7 Å². The fraction of sp³-hybridized carbons (Fsp3) is 0.167. The molecule has 0 spiro atoms. The largest absolute Gasteiger partial charge is 0.481 e. The Morgan fingerprint density at radius 1 is 1.29 bits per heavy atom. The number of methoxy groups -OCH3 is 1. The Bertz CT molecular complexity index is 505. The van der Waals surface area contributed by atoms with Crippen molar-refractivity contribution in [2.75, 3.05) is 12.4 Å². The number of halogens is 1. The second-order valence-electron chi connectivity index (χ2n) is 3.39. The van der Waals surface area contributed by atoms with Gasteiger partial charge in [-0.1, -0.05) is 34.1 Å². The van der Waals surface area contributed by atoms with Crippen LogP contribution in [0.5, 0.6) is 5.88 Å². The maximum atomic E-state index is 5.03. The van der Waals surface area contributed by atoms with E-state index >= 15 is 0 Å². The number of anilines is 1. The van der Waals surface area contributed by atoms with E-state index in [-0.39, 0.29) is 0 Å². The van der Waals surface area contributed by atoms with Crippen LogP contribution in [-0.4, -0.2) is 17.1 Å². The summed E-state index contributed by atoms with van der Waals surface area (Å²) in [6.07, 6.45) is 1.47. The zero-order valence-corrected chi connectivity index (χ0v) is 10.9. The van der Waals surface area contributed by atoms with Gasteiger partial charge in [0.2, 0.25) is 5.88 Å². The maximum Gasteiger partial charge on any atom is 0.218 e. The minimum atomic E-state index is 0.551. The smallest absolute Gasteiger partial charge is 0.218 e. The number of hydrogen-bond acceptors (Lipinski definition) is 4. The van der Waals surface area contributed by atoms with Gasteiger partial charge in [0.1, 0.15) is 12.1 Å². The van der Waals surface area contributed by atoms with E-state index in [1.807, 2.05) is 18.2 Å². The number of ether oxygens (including phenoxy) is 1. The van der Waals surface area contributed by atoms with Gasteiger partial charge >= 0.3 is 0 Å². The molecule has 17 heavy (non-hydrogen) atoms. The van der Waals surface area contributed by atoms with E-state index in [0.29, 0.717) is 12.4 Å². The van der Waals surface area contributed by atoms with Gasteiger partial charge in [0.05, 0.1) is 7.11 Å². The molecule has 88 valence electrons. The molecular weight excluding hydrogens is 282 g/mol. The summed E-state index contributed by atoms with van der Waals surface area (Å²) in [5.74, 6) is 1.29. The average Bonchev–Trinajstić information content (AvgIpc) is 2.38. The van der Waals surface area contributed by atoms with E-state index in [1.54, 1.807) is 13.2 Å². The van der Waals surface area contributed by atoms with Gasteiger partial charge < -0.3 is 10.1 Å². The van der Waals surface area contributed by atoms with Gasteiger partial charge in [-0.05, 0) is 11.6 Å². The molecule has 0 aliphatic heterocycles. The summed E-state index contributed by atoms with van der Waals surface area (Å²) in [6.45, 7) is 0.696. The number of hydrogen-bond donors (Lipinski definition) is 1. The highest BCUT2D eigenvalue weighted by Gasteiger charge is 2.00. The van der Waals surface area contributed by atoms with Crippen LogP contribution in [0.3, 0.4) is 0 Å². The first-order valence-electron chi connectivity index (χ1n) is 5.13. The highest BCUT2D eigenvalue weighted by Crippen LogP contribution is 2.17. The SMILES string of the molecule is COc1cc(NCc2ccccc2Br)ncn1. The topological polar surface area (TPSA) is 47.0 Å². The average molecular weight is 294 g/mol. The van der Waals surface area contributed by atoms with Crippen LogP contribution in [0.1, 0.15) is 5.56 Å². The number of nitrogens with zero attached hydrogens (tertiary/aromatic N) is 2. The van der Waals surface area contributed by atoms with Gasteiger partial charge in [-0.2, -0.15) is 0 Å². The number of nitrogens with one attached hydrogen (secondary N) is 1. The van der Waals surface area contributed by atoms with Crippen molar-refractivity contribution in [3.05, 3.63) is 46.7 Å².